The topological polar surface area (TPSA) is 41.6 Å². The van der Waals surface area contributed by atoms with Gasteiger partial charge >= 0.3 is 6.09 Å². The lowest BCUT2D eigenvalue weighted by Gasteiger charge is -2.28. The highest BCUT2D eigenvalue weighted by Gasteiger charge is 2.31. The molecule has 0 saturated carbocycles. The molecule has 1 N–H and O–H groups in total. The van der Waals surface area contributed by atoms with Gasteiger partial charge in [0, 0.05) is 30.7 Å². The molecular formula is C13H23ClN2O2. The van der Waals surface area contributed by atoms with E-state index >= 15 is 0 Å². The third-order valence-corrected chi connectivity index (χ3v) is 2.84. The smallest absolute Gasteiger partial charge is 0.410 e. The van der Waals surface area contributed by atoms with E-state index < -0.39 is 5.60 Å². The highest BCUT2D eigenvalue weighted by molar-refractivity contribution is 6.29. The molecule has 0 aliphatic carbocycles. The number of carbonyl (C=O) groups is 1. The lowest BCUT2D eigenvalue weighted by molar-refractivity contribution is 0.0227. The van der Waals surface area contributed by atoms with Crippen LogP contribution < -0.4 is 5.32 Å². The number of hydrogen-bond acceptors (Lipinski definition) is 3. The fourth-order valence-corrected chi connectivity index (χ4v) is 2.08. The van der Waals surface area contributed by atoms with Gasteiger partial charge in [0.2, 0.25) is 0 Å². The summed E-state index contributed by atoms with van der Waals surface area (Å²) in [5.41, 5.74) is -0.442. The quantitative estimate of drug-likeness (QED) is 0.857. The van der Waals surface area contributed by atoms with Crippen LogP contribution in [0.15, 0.2) is 11.6 Å². The number of nitrogens with zero attached hydrogens (tertiary/aromatic N) is 1. The maximum atomic E-state index is 12.0. The number of carbonyl (C=O) groups excluding carboxylic acids is 1. The molecule has 1 heterocycles. The first-order valence-corrected chi connectivity index (χ1v) is 6.71. The van der Waals surface area contributed by atoms with Gasteiger partial charge in [-0.1, -0.05) is 18.2 Å². The summed E-state index contributed by atoms with van der Waals surface area (Å²) in [6.07, 6.45) is 1.80. The van der Waals surface area contributed by atoms with E-state index in [0.29, 0.717) is 11.6 Å². The van der Waals surface area contributed by atoms with Crippen LogP contribution in [-0.2, 0) is 4.74 Å². The Morgan fingerprint density at radius 3 is 2.78 bits per heavy atom. The third-order valence-electron chi connectivity index (χ3n) is 2.70. The molecule has 1 atom stereocenters. The Morgan fingerprint density at radius 2 is 2.22 bits per heavy atom. The summed E-state index contributed by atoms with van der Waals surface area (Å²) >= 11 is 5.69. The van der Waals surface area contributed by atoms with Crippen molar-refractivity contribution in [2.75, 3.05) is 19.6 Å². The van der Waals surface area contributed by atoms with Crippen LogP contribution in [0.3, 0.4) is 0 Å². The third kappa shape index (κ3) is 5.27. The lowest BCUT2D eigenvalue weighted by atomic mass is 10.2. The number of ether oxygens (including phenoxy) is 1. The molecule has 104 valence electrons. The summed E-state index contributed by atoms with van der Waals surface area (Å²) in [6, 6.07) is 0.191. The summed E-state index contributed by atoms with van der Waals surface area (Å²) in [6.45, 7) is 11.3. The Hall–Kier alpha value is -0.740. The number of rotatable bonds is 4. The van der Waals surface area contributed by atoms with Gasteiger partial charge in [0.15, 0.2) is 0 Å². The van der Waals surface area contributed by atoms with Crippen molar-refractivity contribution >= 4 is 17.7 Å². The van der Waals surface area contributed by atoms with Crippen molar-refractivity contribution < 1.29 is 9.53 Å². The average Bonchev–Trinajstić information content (AvgIpc) is 2.62. The predicted molar refractivity (Wildman–Crippen MR) is 73.8 cm³/mol. The Labute approximate surface area is 114 Å². The minimum atomic E-state index is -0.442. The van der Waals surface area contributed by atoms with E-state index in [4.69, 9.17) is 16.3 Å². The second kappa shape index (κ2) is 6.43. The molecule has 5 heteroatoms. The van der Waals surface area contributed by atoms with E-state index in [0.717, 1.165) is 25.9 Å². The van der Waals surface area contributed by atoms with E-state index in [1.807, 2.05) is 20.8 Å². The molecule has 0 aromatic rings. The average molecular weight is 275 g/mol. The molecular weight excluding hydrogens is 252 g/mol. The normalized spacial score (nSPS) is 20.0. The standard InChI is InChI=1S/C13H23ClN2O2/c1-10(14)8-15-9-11-6-5-7-16(11)12(17)18-13(2,3)4/h11,15H,1,5-9H2,2-4H3. The van der Waals surface area contributed by atoms with Crippen molar-refractivity contribution in [3.05, 3.63) is 11.6 Å². The van der Waals surface area contributed by atoms with Gasteiger partial charge in [0.05, 0.1) is 0 Å². The molecule has 1 saturated heterocycles. The summed E-state index contributed by atoms with van der Waals surface area (Å²) in [5, 5.41) is 3.77. The van der Waals surface area contributed by atoms with Gasteiger partial charge in [-0.15, -0.1) is 0 Å². The minimum absolute atomic E-state index is 0.191. The fourth-order valence-electron chi connectivity index (χ4n) is 1.98. The highest BCUT2D eigenvalue weighted by Crippen LogP contribution is 2.20. The summed E-state index contributed by atoms with van der Waals surface area (Å²) in [4.78, 5) is 13.8. The number of nitrogens with one attached hydrogen (secondary N) is 1. The van der Waals surface area contributed by atoms with Crippen LogP contribution in [0.25, 0.3) is 0 Å². The maximum Gasteiger partial charge on any atom is 0.410 e. The van der Waals surface area contributed by atoms with E-state index in [-0.39, 0.29) is 12.1 Å². The van der Waals surface area contributed by atoms with Crippen LogP contribution >= 0.6 is 11.6 Å². The zero-order valence-corrected chi connectivity index (χ0v) is 12.2. The zero-order chi connectivity index (χ0) is 13.8. The summed E-state index contributed by atoms with van der Waals surface area (Å²) < 4.78 is 5.39. The second-order valence-electron chi connectivity index (χ2n) is 5.62. The number of likely N-dealkylation sites (tertiary alicyclic amines) is 1. The van der Waals surface area contributed by atoms with Gasteiger partial charge in [0.25, 0.3) is 0 Å². The molecule has 1 aliphatic heterocycles. The number of halogens is 1. The fraction of sp³-hybridized carbons (Fsp3) is 0.769. The molecule has 0 radical (unpaired) electrons. The SMILES string of the molecule is C=C(Cl)CNCC1CCCN1C(=O)OC(C)(C)C. The summed E-state index contributed by atoms with van der Waals surface area (Å²) in [5.74, 6) is 0. The zero-order valence-electron chi connectivity index (χ0n) is 11.5. The van der Waals surface area contributed by atoms with Gasteiger partial charge < -0.3 is 15.0 Å². The van der Waals surface area contributed by atoms with E-state index in [1.54, 1.807) is 4.90 Å². The van der Waals surface area contributed by atoms with Crippen LogP contribution in [0.1, 0.15) is 33.6 Å². The van der Waals surface area contributed by atoms with Crippen molar-refractivity contribution in [1.82, 2.24) is 10.2 Å². The van der Waals surface area contributed by atoms with Crippen LogP contribution in [0.4, 0.5) is 4.79 Å². The number of amides is 1. The van der Waals surface area contributed by atoms with Gasteiger partial charge in [-0.2, -0.15) is 0 Å². The van der Waals surface area contributed by atoms with Crippen molar-refractivity contribution in [2.24, 2.45) is 0 Å². The first-order chi connectivity index (χ1) is 8.29. The van der Waals surface area contributed by atoms with Crippen molar-refractivity contribution in [3.63, 3.8) is 0 Å². The molecule has 1 unspecified atom stereocenters. The largest absolute Gasteiger partial charge is 0.444 e. The first-order valence-electron chi connectivity index (χ1n) is 6.33. The van der Waals surface area contributed by atoms with Gasteiger partial charge in [-0.25, -0.2) is 4.79 Å². The molecule has 1 rings (SSSR count). The first kappa shape index (κ1) is 15.3. The van der Waals surface area contributed by atoms with Crippen molar-refractivity contribution in [1.29, 1.82) is 0 Å². The minimum Gasteiger partial charge on any atom is -0.444 e. The van der Waals surface area contributed by atoms with Gasteiger partial charge in [-0.05, 0) is 33.6 Å². The van der Waals surface area contributed by atoms with Crippen LogP contribution in [0.5, 0.6) is 0 Å². The summed E-state index contributed by atoms with van der Waals surface area (Å²) in [7, 11) is 0. The van der Waals surface area contributed by atoms with Gasteiger partial charge in [-0.3, -0.25) is 0 Å². The predicted octanol–water partition coefficient (Wildman–Crippen LogP) is 2.73. The Kier molecular flexibility index (Phi) is 5.47. The molecule has 1 amide bonds. The van der Waals surface area contributed by atoms with Crippen LogP contribution in [-0.4, -0.2) is 42.3 Å². The van der Waals surface area contributed by atoms with Crippen molar-refractivity contribution in [2.45, 2.75) is 45.3 Å². The monoisotopic (exact) mass is 274 g/mol. The maximum absolute atomic E-state index is 12.0. The molecule has 1 fully saturated rings. The number of hydrogen-bond donors (Lipinski definition) is 1. The van der Waals surface area contributed by atoms with E-state index in [1.165, 1.54) is 0 Å². The van der Waals surface area contributed by atoms with Crippen LogP contribution in [0.2, 0.25) is 0 Å². The van der Waals surface area contributed by atoms with E-state index in [2.05, 4.69) is 11.9 Å². The van der Waals surface area contributed by atoms with Crippen LogP contribution in [0, 0.1) is 0 Å². The molecule has 4 nitrogen and oxygen atoms in total. The van der Waals surface area contributed by atoms with E-state index in [9.17, 15) is 4.79 Å². The van der Waals surface area contributed by atoms with Gasteiger partial charge in [0.1, 0.15) is 5.60 Å². The molecule has 0 aromatic carbocycles. The Morgan fingerprint density at radius 1 is 1.56 bits per heavy atom. The lowest BCUT2D eigenvalue weighted by Crippen LogP contribution is -2.44. The molecule has 1 aliphatic rings. The molecule has 0 bridgehead atoms. The van der Waals surface area contributed by atoms with Crippen molar-refractivity contribution in [3.8, 4) is 0 Å². The second-order valence-corrected chi connectivity index (χ2v) is 6.15. The molecule has 0 aromatic heterocycles. The molecule has 0 spiro atoms. The Bertz CT molecular complexity index is 313. The Balaban J connectivity index is 2.43. The molecule has 18 heavy (non-hydrogen) atoms. The highest BCUT2D eigenvalue weighted by atomic mass is 35.5.